The highest BCUT2D eigenvalue weighted by Crippen LogP contribution is 2.10. The molecule has 0 N–H and O–H groups in total. The Balaban J connectivity index is 2.58. The third-order valence-electron chi connectivity index (χ3n) is 1.57. The lowest BCUT2D eigenvalue weighted by Gasteiger charge is -1.99. The molecule has 1 heterocycles. The molecule has 0 aliphatic carbocycles. The molecule has 53 valence electrons. The second-order valence-corrected chi connectivity index (χ2v) is 4.54. The van der Waals surface area contributed by atoms with Gasteiger partial charge in [-0.05, 0) is 6.42 Å². The Kier molecular flexibility index (Phi) is 1.77. The molecule has 3 nitrogen and oxygen atoms in total. The zero-order valence-corrected chi connectivity index (χ0v) is 6.19. The van der Waals surface area contributed by atoms with E-state index in [1.165, 1.54) is 0 Å². The topological polar surface area (TPSA) is 48.2 Å². The van der Waals surface area contributed by atoms with Gasteiger partial charge in [0.25, 0.3) is 0 Å². The van der Waals surface area contributed by atoms with Crippen molar-refractivity contribution in [3.05, 3.63) is 0 Å². The first-order valence-electron chi connectivity index (χ1n) is 2.93. The third kappa shape index (κ3) is 1.66. The number of hydrogen-bond acceptors (Lipinski definition) is 2. The lowest BCUT2D eigenvalue weighted by Crippen LogP contribution is -2.19. The maximum absolute atomic E-state index is 10.7. The maximum Gasteiger partial charge on any atom is 0.151 e. The van der Waals surface area contributed by atoms with Gasteiger partial charge < -0.3 is 0 Å². The van der Waals surface area contributed by atoms with Crippen LogP contribution in [0.15, 0.2) is 0 Å². The van der Waals surface area contributed by atoms with E-state index in [-0.39, 0.29) is 11.8 Å². The number of nitrogens with zero attached hydrogens (tertiary/aromatic N) is 1. The Morgan fingerprint density at radius 2 is 2.22 bits per heavy atom. The van der Waals surface area contributed by atoms with Gasteiger partial charge in [0, 0.05) is 13.1 Å². The quantitative estimate of drug-likeness (QED) is 0.499. The molecular formula is C5H10NO2S. The van der Waals surface area contributed by atoms with Gasteiger partial charge in [-0.1, -0.05) is 0 Å². The van der Waals surface area contributed by atoms with E-state index in [2.05, 4.69) is 5.32 Å². The van der Waals surface area contributed by atoms with Crippen LogP contribution in [0.5, 0.6) is 0 Å². The Bertz CT molecular complexity index is 185. The first kappa shape index (κ1) is 7.02. The highest BCUT2D eigenvalue weighted by atomic mass is 32.2. The predicted octanol–water partition coefficient (Wildman–Crippen LogP) is -0.592. The zero-order chi connectivity index (χ0) is 6.91. The molecular weight excluding hydrogens is 138 g/mol. The minimum atomic E-state index is -2.70. The summed E-state index contributed by atoms with van der Waals surface area (Å²) >= 11 is 0. The number of rotatable bonds is 1. The van der Waals surface area contributed by atoms with Crippen molar-refractivity contribution in [1.29, 1.82) is 0 Å². The highest BCUT2D eigenvalue weighted by molar-refractivity contribution is 7.91. The van der Waals surface area contributed by atoms with E-state index < -0.39 is 9.84 Å². The fraction of sp³-hybridized carbons (Fsp3) is 1.00. The molecule has 4 heteroatoms. The van der Waals surface area contributed by atoms with Crippen LogP contribution in [0, 0.1) is 0 Å². The monoisotopic (exact) mass is 148 g/mol. The van der Waals surface area contributed by atoms with Crippen LogP contribution in [0.25, 0.3) is 0 Å². The van der Waals surface area contributed by atoms with Gasteiger partial charge in [0.2, 0.25) is 0 Å². The molecule has 0 aromatic carbocycles. The summed E-state index contributed by atoms with van der Waals surface area (Å²) in [4.78, 5) is 0. The fourth-order valence-corrected chi connectivity index (χ4v) is 2.68. The molecule has 1 atom stereocenters. The summed E-state index contributed by atoms with van der Waals surface area (Å²) in [6.07, 6.45) is 0.721. The minimum absolute atomic E-state index is 0.0787. The summed E-state index contributed by atoms with van der Waals surface area (Å²) < 4.78 is 21.5. The van der Waals surface area contributed by atoms with Crippen LogP contribution in [-0.4, -0.2) is 33.0 Å². The van der Waals surface area contributed by atoms with Gasteiger partial charge in [-0.15, -0.1) is 0 Å². The van der Waals surface area contributed by atoms with Crippen molar-refractivity contribution in [3.8, 4) is 0 Å². The van der Waals surface area contributed by atoms with E-state index in [9.17, 15) is 8.42 Å². The van der Waals surface area contributed by atoms with Crippen molar-refractivity contribution < 1.29 is 8.42 Å². The molecule has 0 aromatic rings. The van der Waals surface area contributed by atoms with Crippen LogP contribution in [0.3, 0.4) is 0 Å². The summed E-state index contributed by atoms with van der Waals surface area (Å²) in [5.74, 6) is 0.596. The van der Waals surface area contributed by atoms with E-state index in [4.69, 9.17) is 0 Å². The van der Waals surface area contributed by atoms with Gasteiger partial charge in [-0.25, -0.2) is 13.7 Å². The van der Waals surface area contributed by atoms with Gasteiger partial charge in [0.15, 0.2) is 9.84 Å². The van der Waals surface area contributed by atoms with Crippen molar-refractivity contribution in [3.63, 3.8) is 0 Å². The lowest BCUT2D eigenvalue weighted by atomic mass is 10.3. The molecule has 1 fully saturated rings. The molecule has 0 aromatic heterocycles. The summed E-state index contributed by atoms with van der Waals surface area (Å²) in [7, 11) is -1.03. The average Bonchev–Trinajstić information content (AvgIpc) is 2.10. The lowest BCUT2D eigenvalue weighted by molar-refractivity contribution is 0.593. The van der Waals surface area contributed by atoms with E-state index in [0.29, 0.717) is 5.75 Å². The van der Waals surface area contributed by atoms with E-state index in [1.54, 1.807) is 7.05 Å². The van der Waals surface area contributed by atoms with Crippen LogP contribution in [-0.2, 0) is 9.84 Å². The largest absolute Gasteiger partial charge is 0.241 e. The van der Waals surface area contributed by atoms with Gasteiger partial charge in [-0.2, -0.15) is 0 Å². The number of hydrogen-bond donors (Lipinski definition) is 0. The normalized spacial score (nSPS) is 32.8. The smallest absolute Gasteiger partial charge is 0.151 e. The Morgan fingerprint density at radius 3 is 2.44 bits per heavy atom. The van der Waals surface area contributed by atoms with E-state index in [0.717, 1.165) is 6.42 Å². The van der Waals surface area contributed by atoms with Crippen molar-refractivity contribution in [2.45, 2.75) is 12.5 Å². The first-order valence-corrected chi connectivity index (χ1v) is 4.75. The summed E-state index contributed by atoms with van der Waals surface area (Å²) in [5.41, 5.74) is 0. The minimum Gasteiger partial charge on any atom is -0.241 e. The molecule has 1 unspecified atom stereocenters. The Morgan fingerprint density at radius 1 is 1.56 bits per heavy atom. The molecule has 1 aliphatic rings. The Labute approximate surface area is 55.4 Å². The van der Waals surface area contributed by atoms with Gasteiger partial charge in [-0.3, -0.25) is 0 Å². The molecule has 1 rings (SSSR count). The second kappa shape index (κ2) is 2.27. The maximum atomic E-state index is 10.7. The average molecular weight is 148 g/mol. The summed E-state index contributed by atoms with van der Waals surface area (Å²) in [6, 6.07) is 0.0787. The molecule has 0 bridgehead atoms. The molecule has 1 aliphatic heterocycles. The van der Waals surface area contributed by atoms with Crippen LogP contribution in [0.2, 0.25) is 0 Å². The summed E-state index contributed by atoms with van der Waals surface area (Å²) in [6.45, 7) is 0. The second-order valence-electron chi connectivity index (χ2n) is 2.32. The van der Waals surface area contributed by atoms with Crippen molar-refractivity contribution >= 4 is 9.84 Å². The van der Waals surface area contributed by atoms with Gasteiger partial charge in [0.05, 0.1) is 11.5 Å². The molecule has 1 saturated heterocycles. The molecule has 0 saturated carbocycles. The van der Waals surface area contributed by atoms with Crippen LogP contribution in [0.1, 0.15) is 6.42 Å². The molecule has 9 heavy (non-hydrogen) atoms. The predicted molar refractivity (Wildman–Crippen MR) is 35.1 cm³/mol. The van der Waals surface area contributed by atoms with Crippen molar-refractivity contribution in [2.24, 2.45) is 0 Å². The molecule has 1 radical (unpaired) electrons. The van der Waals surface area contributed by atoms with Gasteiger partial charge >= 0.3 is 0 Å². The van der Waals surface area contributed by atoms with E-state index >= 15 is 0 Å². The fourth-order valence-electron chi connectivity index (χ4n) is 0.979. The highest BCUT2D eigenvalue weighted by Gasteiger charge is 2.26. The Hall–Kier alpha value is -0.0900. The van der Waals surface area contributed by atoms with Crippen LogP contribution < -0.4 is 5.32 Å². The van der Waals surface area contributed by atoms with Crippen LogP contribution >= 0.6 is 0 Å². The summed E-state index contributed by atoms with van der Waals surface area (Å²) in [5, 5.41) is 3.90. The third-order valence-corrected chi connectivity index (χ3v) is 3.32. The zero-order valence-electron chi connectivity index (χ0n) is 5.37. The number of sulfone groups is 1. The molecule has 0 spiro atoms. The van der Waals surface area contributed by atoms with E-state index in [1.807, 2.05) is 0 Å². The van der Waals surface area contributed by atoms with Crippen molar-refractivity contribution in [1.82, 2.24) is 5.32 Å². The first-order chi connectivity index (χ1) is 4.14. The van der Waals surface area contributed by atoms with Gasteiger partial charge in [0.1, 0.15) is 0 Å². The SMILES string of the molecule is C[N]C1CCS(=O)(=O)C1. The molecule has 0 amide bonds. The standard InChI is InChI=1S/C5H10NO2S/c1-6-5-2-3-9(7,8)4-5/h5H,2-4H2,1H3. The van der Waals surface area contributed by atoms with Crippen molar-refractivity contribution in [2.75, 3.05) is 18.6 Å². The van der Waals surface area contributed by atoms with Crippen LogP contribution in [0.4, 0.5) is 0 Å².